The molecule has 2 aliphatic heterocycles. The number of piperidine rings is 1. The van der Waals surface area contributed by atoms with Crippen LogP contribution in [0.5, 0.6) is 0 Å². The lowest BCUT2D eigenvalue weighted by atomic mass is 10.0. The largest absolute Gasteiger partial charge is 0.347 e. The summed E-state index contributed by atoms with van der Waals surface area (Å²) in [6.45, 7) is 2.61. The molecule has 23 heavy (non-hydrogen) atoms. The molecule has 0 radical (unpaired) electrons. The highest BCUT2D eigenvalue weighted by Gasteiger charge is 2.40. The minimum atomic E-state index is -0.451. The number of carbonyl (C=O) groups excluding carboxylic acids is 1. The zero-order chi connectivity index (χ0) is 15.7. The Morgan fingerprint density at radius 3 is 2.39 bits per heavy atom. The number of likely N-dealkylation sites (tertiary alicyclic amines) is 1. The molecule has 0 saturated carbocycles. The third-order valence-electron chi connectivity index (χ3n) is 4.42. The molecule has 0 atom stereocenters. The lowest BCUT2D eigenvalue weighted by Crippen LogP contribution is -2.47. The summed E-state index contributed by atoms with van der Waals surface area (Å²) in [4.78, 5) is 18.4. The number of hydrogen-bond acceptors (Lipinski definition) is 5. The summed E-state index contributed by atoms with van der Waals surface area (Å²) in [5.74, 6) is -0.406. The van der Waals surface area contributed by atoms with Crippen molar-refractivity contribution in [1.29, 1.82) is 0 Å². The van der Waals surface area contributed by atoms with Crippen molar-refractivity contribution >= 4 is 5.91 Å². The van der Waals surface area contributed by atoms with Crippen LogP contribution in [0.15, 0.2) is 36.9 Å². The van der Waals surface area contributed by atoms with Crippen molar-refractivity contribution in [2.45, 2.75) is 18.6 Å². The van der Waals surface area contributed by atoms with Gasteiger partial charge in [-0.1, -0.05) is 0 Å². The molecule has 2 fully saturated rings. The molecule has 2 aromatic rings. The van der Waals surface area contributed by atoms with Gasteiger partial charge in [-0.2, -0.15) is 5.10 Å². The number of ether oxygens (including phenoxy) is 2. The second-order valence-electron chi connectivity index (χ2n) is 5.79. The van der Waals surface area contributed by atoms with E-state index in [0.29, 0.717) is 31.9 Å². The third kappa shape index (κ3) is 2.73. The van der Waals surface area contributed by atoms with E-state index in [9.17, 15) is 4.79 Å². The Balaban J connectivity index is 1.43. The zero-order valence-electron chi connectivity index (χ0n) is 12.7. The molecule has 4 rings (SSSR count). The highest BCUT2D eigenvalue weighted by Crippen LogP contribution is 2.31. The van der Waals surface area contributed by atoms with Gasteiger partial charge in [-0.05, 0) is 24.3 Å². The van der Waals surface area contributed by atoms with Crippen LogP contribution in [0.4, 0.5) is 0 Å². The quantitative estimate of drug-likeness (QED) is 0.834. The van der Waals surface area contributed by atoms with Crippen molar-refractivity contribution in [3.05, 3.63) is 42.5 Å². The van der Waals surface area contributed by atoms with Gasteiger partial charge in [-0.25, -0.2) is 9.67 Å². The molecule has 1 aromatic carbocycles. The van der Waals surface area contributed by atoms with E-state index >= 15 is 0 Å². The predicted molar refractivity (Wildman–Crippen MR) is 81.1 cm³/mol. The summed E-state index contributed by atoms with van der Waals surface area (Å²) in [7, 11) is 0. The van der Waals surface area contributed by atoms with Crippen LogP contribution in [-0.2, 0) is 9.47 Å². The highest BCUT2D eigenvalue weighted by atomic mass is 16.7. The molecule has 3 heterocycles. The number of rotatable bonds is 2. The molecule has 7 nitrogen and oxygen atoms in total. The third-order valence-corrected chi connectivity index (χ3v) is 4.42. The molecule has 7 heteroatoms. The maximum Gasteiger partial charge on any atom is 0.253 e. The van der Waals surface area contributed by atoms with Gasteiger partial charge in [-0.15, -0.1) is 0 Å². The minimum absolute atomic E-state index is 0.0444. The SMILES string of the molecule is O=C(c1ccc(-n2cncn2)cc1)N1CCC2(CC1)OCCO2. The van der Waals surface area contributed by atoms with Crippen LogP contribution < -0.4 is 0 Å². The fraction of sp³-hybridized carbons (Fsp3) is 0.438. The van der Waals surface area contributed by atoms with E-state index in [1.807, 2.05) is 29.2 Å². The van der Waals surface area contributed by atoms with Crippen molar-refractivity contribution < 1.29 is 14.3 Å². The molecule has 0 aliphatic carbocycles. The molecule has 1 spiro atoms. The Bertz CT molecular complexity index is 668. The monoisotopic (exact) mass is 314 g/mol. The average Bonchev–Trinajstić information content (AvgIpc) is 3.28. The topological polar surface area (TPSA) is 69.5 Å². The number of benzene rings is 1. The molecule has 0 unspecified atom stereocenters. The van der Waals surface area contributed by atoms with Crippen LogP contribution in [0.3, 0.4) is 0 Å². The van der Waals surface area contributed by atoms with Crippen molar-refractivity contribution in [2.75, 3.05) is 26.3 Å². The second kappa shape index (κ2) is 5.75. The van der Waals surface area contributed by atoms with Crippen LogP contribution in [0.2, 0.25) is 0 Å². The van der Waals surface area contributed by atoms with Gasteiger partial charge >= 0.3 is 0 Å². The minimum Gasteiger partial charge on any atom is -0.347 e. The fourth-order valence-corrected chi connectivity index (χ4v) is 3.12. The Kier molecular flexibility index (Phi) is 3.59. The lowest BCUT2D eigenvalue weighted by Gasteiger charge is -2.37. The first-order valence-electron chi connectivity index (χ1n) is 7.78. The summed E-state index contributed by atoms with van der Waals surface area (Å²) in [6, 6.07) is 7.39. The van der Waals surface area contributed by atoms with E-state index in [1.165, 1.54) is 6.33 Å². The van der Waals surface area contributed by atoms with Gasteiger partial charge in [0.15, 0.2) is 5.79 Å². The number of amides is 1. The normalized spacial score (nSPS) is 20.1. The number of aromatic nitrogens is 3. The number of carbonyl (C=O) groups is 1. The van der Waals surface area contributed by atoms with Gasteiger partial charge in [0.05, 0.1) is 18.9 Å². The number of nitrogens with zero attached hydrogens (tertiary/aromatic N) is 4. The van der Waals surface area contributed by atoms with Crippen molar-refractivity contribution in [1.82, 2.24) is 19.7 Å². The Labute approximate surface area is 133 Å². The van der Waals surface area contributed by atoms with Gasteiger partial charge in [0.1, 0.15) is 12.7 Å². The standard InChI is InChI=1S/C16H18N4O3/c21-15(19-7-5-16(6-8-19)22-9-10-23-16)13-1-3-14(4-2-13)20-12-17-11-18-20/h1-4,11-12H,5-10H2. The molecular formula is C16H18N4O3. The van der Waals surface area contributed by atoms with E-state index in [4.69, 9.17) is 9.47 Å². The zero-order valence-corrected chi connectivity index (χ0v) is 12.7. The van der Waals surface area contributed by atoms with Crippen LogP contribution >= 0.6 is 0 Å². The molecule has 2 aliphatic rings. The lowest BCUT2D eigenvalue weighted by molar-refractivity contribution is -0.181. The average molecular weight is 314 g/mol. The van der Waals surface area contributed by atoms with Crippen LogP contribution in [0.1, 0.15) is 23.2 Å². The summed E-state index contributed by atoms with van der Waals surface area (Å²) < 4.78 is 13.1. The van der Waals surface area contributed by atoms with Crippen molar-refractivity contribution in [3.8, 4) is 5.69 Å². The van der Waals surface area contributed by atoms with E-state index in [0.717, 1.165) is 18.5 Å². The highest BCUT2D eigenvalue weighted by molar-refractivity contribution is 5.94. The molecule has 0 N–H and O–H groups in total. The van der Waals surface area contributed by atoms with Crippen LogP contribution in [0.25, 0.3) is 5.69 Å². The van der Waals surface area contributed by atoms with E-state index in [-0.39, 0.29) is 5.91 Å². The first-order valence-corrected chi connectivity index (χ1v) is 7.78. The molecule has 0 bridgehead atoms. The molecule has 120 valence electrons. The van der Waals surface area contributed by atoms with Gasteiger partial charge in [0.25, 0.3) is 5.91 Å². The maximum atomic E-state index is 12.6. The van der Waals surface area contributed by atoms with Gasteiger partial charge in [0.2, 0.25) is 0 Å². The second-order valence-corrected chi connectivity index (χ2v) is 5.79. The summed E-state index contributed by atoms with van der Waals surface area (Å²) in [5, 5.41) is 4.07. The van der Waals surface area contributed by atoms with Crippen molar-refractivity contribution in [3.63, 3.8) is 0 Å². The molecule has 1 aromatic heterocycles. The van der Waals surface area contributed by atoms with E-state index < -0.39 is 5.79 Å². The summed E-state index contributed by atoms with van der Waals surface area (Å²) in [6.07, 6.45) is 4.57. The maximum absolute atomic E-state index is 12.6. The van der Waals surface area contributed by atoms with E-state index in [1.54, 1.807) is 11.0 Å². The fourth-order valence-electron chi connectivity index (χ4n) is 3.12. The van der Waals surface area contributed by atoms with Crippen LogP contribution in [-0.4, -0.2) is 57.7 Å². The first-order chi connectivity index (χ1) is 11.3. The Hall–Kier alpha value is -2.25. The van der Waals surface area contributed by atoms with E-state index in [2.05, 4.69) is 10.1 Å². The molecule has 1 amide bonds. The summed E-state index contributed by atoms with van der Waals surface area (Å²) >= 11 is 0. The summed E-state index contributed by atoms with van der Waals surface area (Å²) in [5.41, 5.74) is 1.56. The number of hydrogen-bond donors (Lipinski definition) is 0. The van der Waals surface area contributed by atoms with Gasteiger partial charge in [0, 0.05) is 31.5 Å². The Morgan fingerprint density at radius 1 is 1.09 bits per heavy atom. The predicted octanol–water partition coefficient (Wildman–Crippen LogP) is 1.25. The molecular weight excluding hydrogens is 296 g/mol. The van der Waals surface area contributed by atoms with Gasteiger partial charge in [-0.3, -0.25) is 4.79 Å². The Morgan fingerprint density at radius 2 is 1.78 bits per heavy atom. The van der Waals surface area contributed by atoms with Gasteiger partial charge < -0.3 is 14.4 Å². The van der Waals surface area contributed by atoms with Crippen molar-refractivity contribution in [2.24, 2.45) is 0 Å². The van der Waals surface area contributed by atoms with Crippen LogP contribution in [0, 0.1) is 0 Å². The molecule has 2 saturated heterocycles. The smallest absolute Gasteiger partial charge is 0.253 e. The first kappa shape index (κ1) is 14.3.